The highest BCUT2D eigenvalue weighted by molar-refractivity contribution is 7.90. The first-order valence-corrected chi connectivity index (χ1v) is 6.54. The summed E-state index contributed by atoms with van der Waals surface area (Å²) in [5, 5.41) is 0. The molecule has 15 heavy (non-hydrogen) atoms. The van der Waals surface area contributed by atoms with Crippen LogP contribution in [-0.2, 0) is 14.8 Å². The predicted molar refractivity (Wildman–Crippen MR) is 56.6 cm³/mol. The fourth-order valence-corrected chi connectivity index (χ4v) is 2.21. The van der Waals surface area contributed by atoms with Gasteiger partial charge >= 0.3 is 0 Å². The van der Waals surface area contributed by atoms with E-state index in [1.165, 1.54) is 11.9 Å². The number of carbonyl (C=O) groups excluding carboxylic acids is 1. The number of piperidine rings is 1. The van der Waals surface area contributed by atoms with Gasteiger partial charge in [-0.3, -0.25) is 4.79 Å². The van der Waals surface area contributed by atoms with Crippen molar-refractivity contribution in [2.45, 2.75) is 18.9 Å². The summed E-state index contributed by atoms with van der Waals surface area (Å²) in [6.45, 7) is 1.06. The summed E-state index contributed by atoms with van der Waals surface area (Å²) in [5.74, 6) is -0.865. The Hall–Kier alpha value is -0.660. The predicted octanol–water partition coefficient (Wildman–Crippen LogP) is -1.51. The van der Waals surface area contributed by atoms with Crippen LogP contribution in [0.5, 0.6) is 0 Å². The fourth-order valence-electron chi connectivity index (χ4n) is 1.56. The third-order valence-corrected chi connectivity index (χ3v) is 3.68. The molecule has 6 nitrogen and oxygen atoms in total. The average Bonchev–Trinajstić information content (AvgIpc) is 2.17. The van der Waals surface area contributed by atoms with Gasteiger partial charge in [-0.15, -0.1) is 0 Å². The lowest BCUT2D eigenvalue weighted by Gasteiger charge is -2.30. The number of amides is 1. The summed E-state index contributed by atoms with van der Waals surface area (Å²) in [6.07, 6.45) is 1.73. The molecule has 1 amide bonds. The Morgan fingerprint density at radius 1 is 1.60 bits per heavy atom. The minimum Gasteiger partial charge on any atom is -0.340 e. The Bertz CT molecular complexity index is 328. The molecule has 1 aliphatic rings. The highest BCUT2D eigenvalue weighted by atomic mass is 32.2. The van der Waals surface area contributed by atoms with Crippen LogP contribution in [0.25, 0.3) is 0 Å². The van der Waals surface area contributed by atoms with E-state index in [0.717, 1.165) is 12.8 Å². The number of sulfonamides is 1. The zero-order chi connectivity index (χ0) is 11.5. The van der Waals surface area contributed by atoms with Crippen LogP contribution >= 0.6 is 0 Å². The largest absolute Gasteiger partial charge is 0.340 e. The molecule has 7 heteroatoms. The Morgan fingerprint density at radius 2 is 2.27 bits per heavy atom. The molecule has 0 aromatic carbocycles. The van der Waals surface area contributed by atoms with Gasteiger partial charge in [0.25, 0.3) is 0 Å². The molecule has 0 aromatic heterocycles. The van der Waals surface area contributed by atoms with E-state index >= 15 is 0 Å². The molecule has 1 heterocycles. The topological polar surface area (TPSA) is 92.5 Å². The van der Waals surface area contributed by atoms with Gasteiger partial charge in [0.1, 0.15) is 5.75 Å². The van der Waals surface area contributed by atoms with Gasteiger partial charge in [-0.1, -0.05) is 0 Å². The van der Waals surface area contributed by atoms with E-state index in [9.17, 15) is 13.2 Å². The molecule has 1 fully saturated rings. The monoisotopic (exact) mass is 235 g/mol. The quantitative estimate of drug-likeness (QED) is 0.621. The lowest BCUT2D eigenvalue weighted by atomic mass is 10.1. The average molecular weight is 235 g/mol. The van der Waals surface area contributed by atoms with E-state index < -0.39 is 15.8 Å². The number of rotatable bonds is 3. The molecule has 1 unspecified atom stereocenters. The molecule has 1 rings (SSSR count). The standard InChI is InChI=1S/C8H17N3O3S/c1-10-15(13,14)6-8(12)11-4-2-3-7(9)5-11/h7,10H,2-6,9H2,1H3. The van der Waals surface area contributed by atoms with Crippen LogP contribution < -0.4 is 10.5 Å². The number of likely N-dealkylation sites (tertiary alicyclic amines) is 1. The van der Waals surface area contributed by atoms with Crippen molar-refractivity contribution in [2.24, 2.45) is 5.73 Å². The molecule has 0 bridgehead atoms. The molecule has 1 atom stereocenters. The summed E-state index contributed by atoms with van der Waals surface area (Å²) < 4.78 is 24.4. The maximum absolute atomic E-state index is 11.6. The number of nitrogens with one attached hydrogen (secondary N) is 1. The van der Waals surface area contributed by atoms with Gasteiger partial charge in [0.15, 0.2) is 0 Å². The van der Waals surface area contributed by atoms with E-state index in [2.05, 4.69) is 4.72 Å². The van der Waals surface area contributed by atoms with Crippen molar-refractivity contribution in [1.29, 1.82) is 0 Å². The van der Waals surface area contributed by atoms with Crippen LogP contribution in [0.4, 0.5) is 0 Å². The smallest absolute Gasteiger partial charge is 0.239 e. The maximum atomic E-state index is 11.6. The number of nitrogens with two attached hydrogens (primary N) is 1. The summed E-state index contributed by atoms with van der Waals surface area (Å²) in [7, 11) is -2.17. The fraction of sp³-hybridized carbons (Fsp3) is 0.875. The van der Waals surface area contributed by atoms with Gasteiger partial charge in [0.2, 0.25) is 15.9 Å². The van der Waals surface area contributed by atoms with E-state index in [1.807, 2.05) is 0 Å². The summed E-state index contributed by atoms with van der Waals surface area (Å²) in [4.78, 5) is 13.1. The van der Waals surface area contributed by atoms with Crippen molar-refractivity contribution in [2.75, 3.05) is 25.9 Å². The third-order valence-electron chi connectivity index (χ3n) is 2.44. The first-order chi connectivity index (χ1) is 6.94. The van der Waals surface area contributed by atoms with Crippen LogP contribution in [-0.4, -0.2) is 51.2 Å². The lowest BCUT2D eigenvalue weighted by Crippen LogP contribution is -2.48. The van der Waals surface area contributed by atoms with E-state index in [0.29, 0.717) is 13.1 Å². The summed E-state index contributed by atoms with van der Waals surface area (Å²) in [5.41, 5.74) is 5.70. The summed E-state index contributed by atoms with van der Waals surface area (Å²) in [6, 6.07) is -0.0278. The minimum absolute atomic E-state index is 0.0278. The van der Waals surface area contributed by atoms with Crippen molar-refractivity contribution < 1.29 is 13.2 Å². The molecular weight excluding hydrogens is 218 g/mol. The van der Waals surface area contributed by atoms with Gasteiger partial charge in [-0.25, -0.2) is 13.1 Å². The van der Waals surface area contributed by atoms with Crippen LogP contribution in [0.15, 0.2) is 0 Å². The normalized spacial score (nSPS) is 22.8. The van der Waals surface area contributed by atoms with Crippen LogP contribution in [0, 0.1) is 0 Å². The number of nitrogens with zero attached hydrogens (tertiary/aromatic N) is 1. The second kappa shape index (κ2) is 4.91. The Morgan fingerprint density at radius 3 is 2.80 bits per heavy atom. The molecule has 0 radical (unpaired) electrons. The zero-order valence-corrected chi connectivity index (χ0v) is 9.59. The second-order valence-electron chi connectivity index (χ2n) is 3.71. The van der Waals surface area contributed by atoms with Gasteiger partial charge in [-0.2, -0.15) is 0 Å². The number of hydrogen-bond donors (Lipinski definition) is 2. The second-order valence-corrected chi connectivity index (χ2v) is 5.63. The molecule has 1 aliphatic heterocycles. The van der Waals surface area contributed by atoms with Crippen LogP contribution in [0.3, 0.4) is 0 Å². The first-order valence-electron chi connectivity index (χ1n) is 4.89. The van der Waals surface area contributed by atoms with Crippen molar-refractivity contribution in [3.8, 4) is 0 Å². The number of hydrogen-bond acceptors (Lipinski definition) is 4. The van der Waals surface area contributed by atoms with E-state index in [4.69, 9.17) is 5.73 Å². The van der Waals surface area contributed by atoms with Crippen molar-refractivity contribution >= 4 is 15.9 Å². The molecule has 3 N–H and O–H groups in total. The van der Waals surface area contributed by atoms with Crippen molar-refractivity contribution in [1.82, 2.24) is 9.62 Å². The van der Waals surface area contributed by atoms with Gasteiger partial charge in [-0.05, 0) is 19.9 Å². The highest BCUT2D eigenvalue weighted by Crippen LogP contribution is 2.08. The maximum Gasteiger partial charge on any atom is 0.239 e. The SMILES string of the molecule is CNS(=O)(=O)CC(=O)N1CCCC(N)C1. The molecule has 0 spiro atoms. The Labute approximate surface area is 89.9 Å². The zero-order valence-electron chi connectivity index (χ0n) is 8.77. The van der Waals surface area contributed by atoms with Crippen LogP contribution in [0.1, 0.15) is 12.8 Å². The van der Waals surface area contributed by atoms with Gasteiger partial charge in [0, 0.05) is 19.1 Å². The molecular formula is C8H17N3O3S. The third kappa shape index (κ3) is 3.77. The Balaban J connectivity index is 2.53. The van der Waals surface area contributed by atoms with Gasteiger partial charge in [0.05, 0.1) is 0 Å². The molecule has 0 aromatic rings. The summed E-state index contributed by atoms with van der Waals surface area (Å²) >= 11 is 0. The molecule has 88 valence electrons. The molecule has 1 saturated heterocycles. The highest BCUT2D eigenvalue weighted by Gasteiger charge is 2.24. The Kier molecular flexibility index (Phi) is 4.06. The van der Waals surface area contributed by atoms with E-state index in [1.54, 1.807) is 0 Å². The molecule has 0 aliphatic carbocycles. The lowest BCUT2D eigenvalue weighted by molar-refractivity contribution is -0.129. The molecule has 0 saturated carbocycles. The minimum atomic E-state index is -3.47. The van der Waals surface area contributed by atoms with Crippen molar-refractivity contribution in [3.05, 3.63) is 0 Å². The van der Waals surface area contributed by atoms with E-state index in [-0.39, 0.29) is 11.9 Å². The number of carbonyl (C=O) groups is 1. The van der Waals surface area contributed by atoms with Crippen molar-refractivity contribution in [3.63, 3.8) is 0 Å². The van der Waals surface area contributed by atoms with Gasteiger partial charge < -0.3 is 10.6 Å². The van der Waals surface area contributed by atoms with Crippen LogP contribution in [0.2, 0.25) is 0 Å². The first kappa shape index (κ1) is 12.4.